The Bertz CT molecular complexity index is 502. The summed E-state index contributed by atoms with van der Waals surface area (Å²) in [6.07, 6.45) is 6.85. The highest BCUT2D eigenvalue weighted by molar-refractivity contribution is 5.80. The van der Waals surface area contributed by atoms with E-state index in [4.69, 9.17) is 5.26 Å². The molecule has 0 atom stereocenters. The van der Waals surface area contributed by atoms with Crippen LogP contribution >= 0.6 is 0 Å². The van der Waals surface area contributed by atoms with Gasteiger partial charge in [0.15, 0.2) is 0 Å². The van der Waals surface area contributed by atoms with E-state index >= 15 is 0 Å². The van der Waals surface area contributed by atoms with E-state index in [1.54, 1.807) is 0 Å². The molecule has 1 aliphatic rings. The third kappa shape index (κ3) is 1.77. The Labute approximate surface area is 95.9 Å². The molecule has 0 N–H and O–H groups in total. The number of nitriles is 1. The highest BCUT2D eigenvalue weighted by atomic mass is 14.7. The minimum Gasteiger partial charge on any atom is -0.259 e. The number of allylic oxidation sites excluding steroid dienone is 1. The zero-order valence-corrected chi connectivity index (χ0v) is 9.57. The van der Waals surface area contributed by atoms with Crippen molar-refractivity contribution in [3.8, 4) is 6.07 Å². The maximum Gasteiger partial charge on any atom is 0.101 e. The summed E-state index contributed by atoms with van der Waals surface area (Å²) in [5.74, 6) is 0.444. The zero-order chi connectivity index (χ0) is 11.5. The summed E-state index contributed by atoms with van der Waals surface area (Å²) in [6, 6.07) is 6.10. The fraction of sp³-hybridized carbons (Fsp3) is 0.286. The number of benzene rings is 1. The second-order valence-electron chi connectivity index (χ2n) is 4.18. The lowest BCUT2D eigenvalue weighted by molar-refractivity contribution is 0.864. The van der Waals surface area contributed by atoms with Crippen molar-refractivity contribution in [1.82, 2.24) is 0 Å². The number of fused-ring (bicyclic) bond motifs is 1. The first-order valence-corrected chi connectivity index (χ1v) is 5.50. The average Bonchev–Trinajstić information content (AvgIpc) is 2.52. The minimum atomic E-state index is 0.444. The molecule has 0 fully saturated rings. The molecule has 0 aliphatic carbocycles. The van der Waals surface area contributed by atoms with Crippen LogP contribution in [0.5, 0.6) is 0 Å². The van der Waals surface area contributed by atoms with Gasteiger partial charge in [-0.15, -0.1) is 0 Å². The van der Waals surface area contributed by atoms with Crippen LogP contribution in [-0.2, 0) is 0 Å². The third-order valence-electron chi connectivity index (χ3n) is 2.74. The maximum atomic E-state index is 9.07. The van der Waals surface area contributed by atoms with Crippen LogP contribution in [-0.4, -0.2) is 6.21 Å². The second kappa shape index (κ2) is 4.32. The minimum absolute atomic E-state index is 0.444. The summed E-state index contributed by atoms with van der Waals surface area (Å²) in [5, 5.41) is 9.07. The van der Waals surface area contributed by atoms with Crippen molar-refractivity contribution in [1.29, 1.82) is 5.26 Å². The summed E-state index contributed by atoms with van der Waals surface area (Å²) < 4.78 is 0. The van der Waals surface area contributed by atoms with Crippen LogP contribution in [0, 0.1) is 11.3 Å². The van der Waals surface area contributed by atoms with Crippen LogP contribution in [0.25, 0.3) is 6.08 Å². The highest BCUT2D eigenvalue weighted by Gasteiger charge is 2.13. The topological polar surface area (TPSA) is 36.1 Å². The molecule has 0 bridgehead atoms. The van der Waals surface area contributed by atoms with Gasteiger partial charge in [-0.2, -0.15) is 5.26 Å². The first-order chi connectivity index (χ1) is 7.74. The largest absolute Gasteiger partial charge is 0.259 e. The molecule has 0 spiro atoms. The Morgan fingerprint density at radius 3 is 2.88 bits per heavy atom. The molecule has 2 nitrogen and oxygen atoms in total. The molecule has 80 valence electrons. The van der Waals surface area contributed by atoms with E-state index in [0.29, 0.717) is 11.5 Å². The number of aliphatic imine (C=N–C) groups is 1. The van der Waals surface area contributed by atoms with Gasteiger partial charge in [0.1, 0.15) is 6.07 Å². The molecule has 1 aromatic rings. The van der Waals surface area contributed by atoms with Crippen molar-refractivity contribution in [3.05, 3.63) is 34.9 Å². The number of hydrogen-bond acceptors (Lipinski definition) is 2. The van der Waals surface area contributed by atoms with Crippen molar-refractivity contribution >= 4 is 18.0 Å². The lowest BCUT2D eigenvalue weighted by atomic mass is 9.93. The number of rotatable bonds is 1. The van der Waals surface area contributed by atoms with Gasteiger partial charge >= 0.3 is 0 Å². The number of nitrogens with zero attached hydrogens (tertiary/aromatic N) is 2. The quantitative estimate of drug-likeness (QED) is 0.694. The molecule has 1 aliphatic heterocycles. The van der Waals surface area contributed by atoms with E-state index in [0.717, 1.165) is 17.7 Å². The van der Waals surface area contributed by atoms with Crippen LogP contribution in [0.3, 0.4) is 0 Å². The molecule has 0 amide bonds. The molecular weight excluding hydrogens is 196 g/mol. The fourth-order valence-corrected chi connectivity index (χ4v) is 1.92. The Hall–Kier alpha value is -1.88. The molecule has 16 heavy (non-hydrogen) atoms. The molecule has 1 heterocycles. The summed E-state index contributed by atoms with van der Waals surface area (Å²) in [5.41, 5.74) is 3.83. The van der Waals surface area contributed by atoms with Gasteiger partial charge in [0, 0.05) is 18.2 Å². The average molecular weight is 210 g/mol. The van der Waals surface area contributed by atoms with E-state index in [1.807, 2.05) is 18.3 Å². The highest BCUT2D eigenvalue weighted by Crippen LogP contribution is 2.33. The van der Waals surface area contributed by atoms with Gasteiger partial charge in [-0.1, -0.05) is 32.1 Å². The lowest BCUT2D eigenvalue weighted by Gasteiger charge is -2.12. The predicted molar refractivity (Wildman–Crippen MR) is 67.0 cm³/mol. The van der Waals surface area contributed by atoms with Crippen LogP contribution in [0.1, 0.15) is 42.9 Å². The Balaban J connectivity index is 2.72. The normalized spacial score (nSPS) is 13.4. The Kier molecular flexibility index (Phi) is 2.87. The molecule has 0 unspecified atom stereocenters. The lowest BCUT2D eigenvalue weighted by Crippen LogP contribution is -1.94. The van der Waals surface area contributed by atoms with Gasteiger partial charge < -0.3 is 0 Å². The van der Waals surface area contributed by atoms with Gasteiger partial charge in [0.2, 0.25) is 0 Å². The van der Waals surface area contributed by atoms with E-state index in [9.17, 15) is 0 Å². The molecule has 0 saturated heterocycles. The van der Waals surface area contributed by atoms with Gasteiger partial charge in [0.05, 0.1) is 11.3 Å². The monoisotopic (exact) mass is 210 g/mol. The molecule has 0 aromatic heterocycles. The Morgan fingerprint density at radius 2 is 2.19 bits per heavy atom. The third-order valence-corrected chi connectivity index (χ3v) is 2.74. The van der Waals surface area contributed by atoms with Gasteiger partial charge in [0.25, 0.3) is 0 Å². The predicted octanol–water partition coefficient (Wildman–Crippen LogP) is 3.80. The molecular formula is C14H14N2. The van der Waals surface area contributed by atoms with Crippen molar-refractivity contribution in [2.45, 2.75) is 26.2 Å². The molecule has 1 aromatic carbocycles. The van der Waals surface area contributed by atoms with Crippen LogP contribution < -0.4 is 0 Å². The fourth-order valence-electron chi connectivity index (χ4n) is 1.92. The molecule has 0 radical (unpaired) electrons. The molecule has 2 heteroatoms. The van der Waals surface area contributed by atoms with Crippen LogP contribution in [0.15, 0.2) is 23.2 Å². The van der Waals surface area contributed by atoms with Gasteiger partial charge in [-0.05, 0) is 17.5 Å². The summed E-state index contributed by atoms with van der Waals surface area (Å²) in [7, 11) is 0. The first-order valence-electron chi connectivity index (χ1n) is 5.50. The van der Waals surface area contributed by atoms with Crippen LogP contribution in [0.4, 0.5) is 5.69 Å². The Morgan fingerprint density at radius 1 is 1.38 bits per heavy atom. The van der Waals surface area contributed by atoms with Crippen LogP contribution in [0.2, 0.25) is 0 Å². The summed E-state index contributed by atoms with van der Waals surface area (Å²) >= 11 is 0. The molecule has 0 saturated carbocycles. The first kappa shape index (κ1) is 10.6. The molecule has 2 rings (SSSR count). The number of hydrogen-bond donors (Lipinski definition) is 0. The van der Waals surface area contributed by atoms with E-state index in [1.165, 1.54) is 5.56 Å². The SMILES string of the molecule is CC(C)c1ccc(C#N)c2c1C=CCC=N2. The summed E-state index contributed by atoms with van der Waals surface area (Å²) in [6.45, 7) is 4.31. The zero-order valence-electron chi connectivity index (χ0n) is 9.57. The second-order valence-corrected chi connectivity index (χ2v) is 4.18. The van der Waals surface area contributed by atoms with Crippen molar-refractivity contribution < 1.29 is 0 Å². The maximum absolute atomic E-state index is 9.07. The standard InChI is InChI=1S/C14H14N2/c1-10(2)12-7-6-11(9-15)14-13(12)5-3-4-8-16-14/h3,5-8,10H,4H2,1-2H3. The van der Waals surface area contributed by atoms with Gasteiger partial charge in [-0.25, -0.2) is 0 Å². The smallest absolute Gasteiger partial charge is 0.101 e. The van der Waals surface area contributed by atoms with Crippen molar-refractivity contribution in [2.75, 3.05) is 0 Å². The van der Waals surface area contributed by atoms with Crippen molar-refractivity contribution in [3.63, 3.8) is 0 Å². The van der Waals surface area contributed by atoms with E-state index < -0.39 is 0 Å². The van der Waals surface area contributed by atoms with Crippen molar-refractivity contribution in [2.24, 2.45) is 4.99 Å². The summed E-state index contributed by atoms with van der Waals surface area (Å²) in [4.78, 5) is 4.39. The van der Waals surface area contributed by atoms with Gasteiger partial charge in [-0.3, -0.25) is 4.99 Å². The van der Waals surface area contributed by atoms with E-state index in [-0.39, 0.29) is 0 Å². The van der Waals surface area contributed by atoms with E-state index in [2.05, 4.69) is 37.1 Å².